The number of fused-ring (bicyclic) bond motifs is 1. The van der Waals surface area contributed by atoms with E-state index < -0.39 is 15.9 Å². The Morgan fingerprint density at radius 2 is 1.96 bits per heavy atom. The zero-order valence-electron chi connectivity index (χ0n) is 15.4. The number of thiophene rings is 1. The van der Waals surface area contributed by atoms with Crippen LogP contribution in [0.2, 0.25) is 0 Å². The number of primary amides is 1. The zero-order chi connectivity index (χ0) is 19.8. The Balaban J connectivity index is 2.00. The monoisotopic (exact) mass is 410 g/mol. The summed E-state index contributed by atoms with van der Waals surface area (Å²) in [6.07, 6.45) is 2.49. The van der Waals surface area contributed by atoms with E-state index in [0.29, 0.717) is 17.4 Å². The second kappa shape index (κ2) is 7.40. The summed E-state index contributed by atoms with van der Waals surface area (Å²) in [5.41, 5.74) is 6.71. The van der Waals surface area contributed by atoms with E-state index in [4.69, 9.17) is 15.2 Å². The SMILES string of the molecule is COc1ccc(S(=O)(=O)Nc2sc3c(c2C(N)=O)CC[C@H](C)C3)cc1OC. The van der Waals surface area contributed by atoms with E-state index in [1.54, 1.807) is 0 Å². The van der Waals surface area contributed by atoms with Gasteiger partial charge in [-0.1, -0.05) is 6.92 Å². The minimum Gasteiger partial charge on any atom is -0.493 e. The van der Waals surface area contributed by atoms with Gasteiger partial charge in [0.05, 0.1) is 24.7 Å². The van der Waals surface area contributed by atoms with E-state index >= 15 is 0 Å². The van der Waals surface area contributed by atoms with Gasteiger partial charge in [-0.05, 0) is 42.9 Å². The van der Waals surface area contributed by atoms with Crippen LogP contribution >= 0.6 is 11.3 Å². The van der Waals surface area contributed by atoms with Gasteiger partial charge >= 0.3 is 0 Å². The highest BCUT2D eigenvalue weighted by molar-refractivity contribution is 7.93. The van der Waals surface area contributed by atoms with Crippen LogP contribution < -0.4 is 19.9 Å². The fraction of sp³-hybridized carbons (Fsp3) is 0.389. The Bertz CT molecular complexity index is 982. The summed E-state index contributed by atoms with van der Waals surface area (Å²) < 4.78 is 38.6. The Labute approximate surface area is 162 Å². The molecule has 1 aromatic heterocycles. The minimum atomic E-state index is -3.92. The maximum atomic E-state index is 12.9. The van der Waals surface area contributed by atoms with Crippen molar-refractivity contribution < 1.29 is 22.7 Å². The quantitative estimate of drug-likeness (QED) is 0.761. The van der Waals surface area contributed by atoms with Gasteiger partial charge in [0.25, 0.3) is 15.9 Å². The van der Waals surface area contributed by atoms with E-state index in [1.807, 2.05) is 0 Å². The number of carbonyl (C=O) groups is 1. The number of sulfonamides is 1. The molecule has 1 aromatic carbocycles. The van der Waals surface area contributed by atoms with Gasteiger partial charge in [0.2, 0.25) is 0 Å². The van der Waals surface area contributed by atoms with Gasteiger partial charge in [-0.2, -0.15) is 0 Å². The second-order valence-corrected chi connectivity index (χ2v) is 9.33. The average Bonchev–Trinajstić information content (AvgIpc) is 2.97. The van der Waals surface area contributed by atoms with Crippen LogP contribution in [0.1, 0.15) is 34.1 Å². The average molecular weight is 411 g/mol. The number of hydrogen-bond donors (Lipinski definition) is 2. The summed E-state index contributed by atoms with van der Waals surface area (Å²) in [4.78, 5) is 13.0. The van der Waals surface area contributed by atoms with Crippen LogP contribution in [0, 0.1) is 5.92 Å². The smallest absolute Gasteiger partial charge is 0.262 e. The Hall–Kier alpha value is -2.26. The van der Waals surface area contributed by atoms with Crippen molar-refractivity contribution in [3.63, 3.8) is 0 Å². The summed E-state index contributed by atoms with van der Waals surface area (Å²) in [5.74, 6) is 0.601. The van der Waals surface area contributed by atoms with Gasteiger partial charge in [0.15, 0.2) is 11.5 Å². The fourth-order valence-corrected chi connectivity index (χ4v) is 5.98. The molecule has 1 aliphatic rings. The molecule has 0 saturated carbocycles. The van der Waals surface area contributed by atoms with Crippen molar-refractivity contribution >= 4 is 32.3 Å². The Kier molecular flexibility index (Phi) is 5.34. The highest BCUT2D eigenvalue weighted by Crippen LogP contribution is 2.40. The first-order valence-electron chi connectivity index (χ1n) is 8.46. The molecule has 1 aliphatic carbocycles. The first kappa shape index (κ1) is 19.5. The minimum absolute atomic E-state index is 0.00955. The lowest BCUT2D eigenvalue weighted by Gasteiger charge is -2.18. The molecule has 1 heterocycles. The van der Waals surface area contributed by atoms with Crippen molar-refractivity contribution in [2.24, 2.45) is 11.7 Å². The van der Waals surface area contributed by atoms with E-state index in [9.17, 15) is 13.2 Å². The molecule has 0 radical (unpaired) electrons. The van der Waals surface area contributed by atoms with Crippen LogP contribution in [0.5, 0.6) is 11.5 Å². The molecule has 0 fully saturated rings. The maximum absolute atomic E-state index is 12.9. The van der Waals surface area contributed by atoms with Gasteiger partial charge in [0.1, 0.15) is 5.00 Å². The zero-order valence-corrected chi connectivity index (χ0v) is 17.0. The molecule has 3 rings (SSSR count). The number of hydrogen-bond acceptors (Lipinski definition) is 6. The Morgan fingerprint density at radius 3 is 2.59 bits per heavy atom. The van der Waals surface area contributed by atoms with Gasteiger partial charge < -0.3 is 15.2 Å². The molecule has 7 nitrogen and oxygen atoms in total. The summed E-state index contributed by atoms with van der Waals surface area (Å²) in [7, 11) is -1.02. The van der Waals surface area contributed by atoms with Crippen molar-refractivity contribution in [2.75, 3.05) is 18.9 Å². The van der Waals surface area contributed by atoms with Crippen molar-refractivity contribution in [1.29, 1.82) is 0 Å². The van der Waals surface area contributed by atoms with Crippen molar-refractivity contribution in [1.82, 2.24) is 0 Å². The van der Waals surface area contributed by atoms with Crippen LogP contribution in [0.3, 0.4) is 0 Å². The molecule has 0 aliphatic heterocycles. The standard InChI is InChI=1S/C18H22N2O5S2/c1-10-4-6-12-15(8-10)26-18(16(12)17(19)21)20-27(22,23)11-5-7-13(24-2)14(9-11)25-3/h5,7,9-10,20H,4,6,8H2,1-3H3,(H2,19,21)/t10-/m0/s1. The molecular formula is C18H22N2O5S2. The first-order valence-corrected chi connectivity index (χ1v) is 10.8. The highest BCUT2D eigenvalue weighted by Gasteiger charge is 2.29. The summed E-state index contributed by atoms with van der Waals surface area (Å²) >= 11 is 1.29. The molecule has 0 unspecified atom stereocenters. The number of anilines is 1. The molecule has 2 aromatic rings. The number of nitrogens with two attached hydrogens (primary N) is 1. The molecule has 0 saturated heterocycles. The second-order valence-electron chi connectivity index (χ2n) is 6.54. The molecular weight excluding hydrogens is 388 g/mol. The largest absolute Gasteiger partial charge is 0.493 e. The number of nitrogens with one attached hydrogen (secondary N) is 1. The predicted octanol–water partition coefficient (Wildman–Crippen LogP) is 2.79. The van der Waals surface area contributed by atoms with Gasteiger partial charge in [-0.3, -0.25) is 9.52 Å². The van der Waals surface area contributed by atoms with Crippen LogP contribution in [0.25, 0.3) is 0 Å². The van der Waals surface area contributed by atoms with Crippen LogP contribution in [-0.2, 0) is 22.9 Å². The van der Waals surface area contributed by atoms with Gasteiger partial charge in [-0.25, -0.2) is 8.42 Å². The molecule has 1 amide bonds. The first-order chi connectivity index (χ1) is 12.8. The normalized spacial score (nSPS) is 16.5. The third-order valence-electron chi connectivity index (χ3n) is 4.65. The summed E-state index contributed by atoms with van der Waals surface area (Å²) in [5, 5.41) is 0.274. The van der Waals surface area contributed by atoms with E-state index in [-0.39, 0.29) is 15.5 Å². The van der Waals surface area contributed by atoms with Crippen molar-refractivity contribution in [3.05, 3.63) is 34.2 Å². The molecule has 9 heteroatoms. The highest BCUT2D eigenvalue weighted by atomic mass is 32.2. The number of amides is 1. The van der Waals surface area contributed by atoms with Gasteiger partial charge in [-0.15, -0.1) is 11.3 Å². The Morgan fingerprint density at radius 1 is 1.26 bits per heavy atom. The van der Waals surface area contributed by atoms with E-state index in [2.05, 4.69) is 11.6 Å². The topological polar surface area (TPSA) is 108 Å². The molecule has 27 heavy (non-hydrogen) atoms. The summed E-state index contributed by atoms with van der Waals surface area (Å²) in [6.45, 7) is 2.14. The molecule has 1 atom stereocenters. The number of ether oxygens (including phenoxy) is 2. The molecule has 0 spiro atoms. The summed E-state index contributed by atoms with van der Waals surface area (Å²) in [6, 6.07) is 4.31. The molecule has 3 N–H and O–H groups in total. The van der Waals surface area contributed by atoms with Gasteiger partial charge in [0, 0.05) is 10.9 Å². The number of benzene rings is 1. The van der Waals surface area contributed by atoms with Crippen molar-refractivity contribution in [3.8, 4) is 11.5 Å². The van der Waals surface area contributed by atoms with Crippen LogP contribution in [0.4, 0.5) is 5.00 Å². The maximum Gasteiger partial charge on any atom is 0.262 e. The third-order valence-corrected chi connectivity index (χ3v) is 7.30. The van der Waals surface area contributed by atoms with Crippen molar-refractivity contribution in [2.45, 2.75) is 31.1 Å². The van der Waals surface area contributed by atoms with E-state index in [1.165, 1.54) is 43.8 Å². The lowest BCUT2D eigenvalue weighted by molar-refractivity contribution is 0.100. The fourth-order valence-electron chi connectivity index (χ4n) is 3.25. The van der Waals surface area contributed by atoms with Crippen LogP contribution in [-0.4, -0.2) is 28.5 Å². The number of carbonyl (C=O) groups excluding carboxylic acids is 1. The number of rotatable bonds is 6. The number of methoxy groups -OCH3 is 2. The lowest BCUT2D eigenvalue weighted by atomic mass is 9.88. The molecule has 0 bridgehead atoms. The molecule has 146 valence electrons. The van der Waals surface area contributed by atoms with E-state index in [0.717, 1.165) is 29.7 Å². The van der Waals surface area contributed by atoms with Crippen LogP contribution in [0.15, 0.2) is 23.1 Å². The third kappa shape index (κ3) is 3.74. The predicted molar refractivity (Wildman–Crippen MR) is 104 cm³/mol. The lowest BCUT2D eigenvalue weighted by Crippen LogP contribution is -2.19.